The number of carboxylic acids is 1. The molecule has 2 aromatic heterocycles. The van der Waals surface area contributed by atoms with Crippen LogP contribution in [0.4, 0.5) is 5.13 Å². The minimum absolute atomic E-state index is 0.0140. The Labute approximate surface area is 221 Å². The van der Waals surface area contributed by atoms with Gasteiger partial charge < -0.3 is 25.0 Å². The molecule has 3 aromatic rings. The van der Waals surface area contributed by atoms with Crippen molar-refractivity contribution in [2.45, 2.75) is 32.7 Å². The van der Waals surface area contributed by atoms with Gasteiger partial charge >= 0.3 is 5.97 Å². The topological polar surface area (TPSA) is 108 Å². The number of carbonyl (C=O) groups excluding carboxylic acids is 1. The van der Waals surface area contributed by atoms with E-state index in [0.29, 0.717) is 30.9 Å². The third kappa shape index (κ3) is 7.50. The van der Waals surface area contributed by atoms with Crippen LogP contribution in [0.15, 0.2) is 42.6 Å². The van der Waals surface area contributed by atoms with E-state index in [1.54, 1.807) is 35.7 Å². The van der Waals surface area contributed by atoms with Crippen LogP contribution in [0.25, 0.3) is 0 Å². The van der Waals surface area contributed by atoms with Crippen molar-refractivity contribution in [2.75, 3.05) is 44.7 Å². The average molecular weight is 524 g/mol. The van der Waals surface area contributed by atoms with E-state index in [9.17, 15) is 9.59 Å². The van der Waals surface area contributed by atoms with Gasteiger partial charge in [-0.05, 0) is 55.8 Å². The monoisotopic (exact) mass is 523 g/mol. The van der Waals surface area contributed by atoms with Crippen LogP contribution in [0.3, 0.4) is 0 Å². The van der Waals surface area contributed by atoms with Gasteiger partial charge in [-0.1, -0.05) is 12.1 Å². The SMILES string of the molecule is Cc1sc(N2CCN(C)CC2)nc1CCOc1ccc(CCC(=O)O)c(CNC(=O)c2ccccn2)c1. The number of aromatic nitrogens is 2. The fraction of sp³-hybridized carbons (Fsp3) is 0.407. The summed E-state index contributed by atoms with van der Waals surface area (Å²) < 4.78 is 6.05. The van der Waals surface area contributed by atoms with Crippen molar-refractivity contribution in [1.29, 1.82) is 0 Å². The standard InChI is InChI=1S/C27H33N5O4S/c1-19-23(30-27(37-19)32-14-12-31(2)13-15-32)10-16-36-22-8-6-20(7-9-25(33)34)21(17-22)18-29-26(35)24-5-3-4-11-28-24/h3-6,8,11,17H,7,9-10,12-16,18H2,1-2H3,(H,29,35)(H,33,34). The molecule has 2 N–H and O–H groups in total. The molecule has 10 heteroatoms. The van der Waals surface area contributed by atoms with Crippen molar-refractivity contribution in [1.82, 2.24) is 20.2 Å². The van der Waals surface area contributed by atoms with E-state index >= 15 is 0 Å². The van der Waals surface area contributed by atoms with Gasteiger partial charge in [0.05, 0.1) is 12.3 Å². The van der Waals surface area contributed by atoms with Crippen LogP contribution in [-0.2, 0) is 24.2 Å². The van der Waals surface area contributed by atoms with Crippen LogP contribution in [0.5, 0.6) is 5.75 Å². The van der Waals surface area contributed by atoms with Gasteiger partial charge in [-0.15, -0.1) is 11.3 Å². The first-order valence-electron chi connectivity index (χ1n) is 12.4. The van der Waals surface area contributed by atoms with Crippen molar-refractivity contribution >= 4 is 28.3 Å². The van der Waals surface area contributed by atoms with Gasteiger partial charge in [-0.3, -0.25) is 14.6 Å². The number of carboxylic acid groups (broad SMARTS) is 1. The number of nitrogens with one attached hydrogen (secondary N) is 1. The Hall–Kier alpha value is -3.50. The molecule has 1 aliphatic heterocycles. The molecule has 0 bridgehead atoms. The molecule has 0 unspecified atom stereocenters. The fourth-order valence-electron chi connectivity index (χ4n) is 4.15. The zero-order valence-corrected chi connectivity index (χ0v) is 22.1. The maximum Gasteiger partial charge on any atom is 0.303 e. The first kappa shape index (κ1) is 26.6. The molecule has 0 atom stereocenters. The molecule has 1 fully saturated rings. The van der Waals surface area contributed by atoms with E-state index in [4.69, 9.17) is 14.8 Å². The third-order valence-electron chi connectivity index (χ3n) is 6.39. The summed E-state index contributed by atoms with van der Waals surface area (Å²) in [6.07, 6.45) is 2.65. The molecule has 196 valence electrons. The molecule has 0 aliphatic carbocycles. The normalized spacial score (nSPS) is 13.9. The minimum atomic E-state index is -0.863. The highest BCUT2D eigenvalue weighted by atomic mass is 32.1. The van der Waals surface area contributed by atoms with Gasteiger partial charge in [-0.25, -0.2) is 4.98 Å². The van der Waals surface area contributed by atoms with Crippen molar-refractivity contribution in [3.05, 3.63) is 70.0 Å². The number of amides is 1. The van der Waals surface area contributed by atoms with Gasteiger partial charge in [-0.2, -0.15) is 0 Å². The predicted octanol–water partition coefficient (Wildman–Crippen LogP) is 3.17. The zero-order chi connectivity index (χ0) is 26.2. The highest BCUT2D eigenvalue weighted by Gasteiger charge is 2.19. The van der Waals surface area contributed by atoms with Crippen molar-refractivity contribution in [2.24, 2.45) is 0 Å². The van der Waals surface area contributed by atoms with E-state index in [1.807, 2.05) is 18.2 Å². The second-order valence-electron chi connectivity index (χ2n) is 9.11. The van der Waals surface area contributed by atoms with E-state index in [2.05, 4.69) is 34.1 Å². The number of thiazole rings is 1. The van der Waals surface area contributed by atoms with Crippen LogP contribution in [0, 0.1) is 6.92 Å². The average Bonchev–Trinajstić information content (AvgIpc) is 3.27. The van der Waals surface area contributed by atoms with Gasteiger partial charge in [0.15, 0.2) is 5.13 Å². The lowest BCUT2D eigenvalue weighted by atomic mass is 10.0. The molecule has 1 amide bonds. The summed E-state index contributed by atoms with van der Waals surface area (Å²) in [6.45, 7) is 6.91. The van der Waals surface area contributed by atoms with Crippen molar-refractivity contribution in [3.8, 4) is 5.75 Å². The Morgan fingerprint density at radius 1 is 1.11 bits per heavy atom. The Bertz CT molecular complexity index is 1210. The van der Waals surface area contributed by atoms with Crippen LogP contribution in [0.2, 0.25) is 0 Å². The summed E-state index contributed by atoms with van der Waals surface area (Å²) in [4.78, 5) is 38.4. The van der Waals surface area contributed by atoms with Gasteiger partial charge in [0.25, 0.3) is 5.91 Å². The van der Waals surface area contributed by atoms with E-state index in [1.165, 1.54) is 4.88 Å². The summed E-state index contributed by atoms with van der Waals surface area (Å²) in [7, 11) is 2.14. The molecule has 0 radical (unpaired) electrons. The number of ether oxygens (including phenoxy) is 1. The van der Waals surface area contributed by atoms with Gasteiger partial charge in [0, 0.05) is 56.6 Å². The highest BCUT2D eigenvalue weighted by molar-refractivity contribution is 7.15. The lowest BCUT2D eigenvalue weighted by molar-refractivity contribution is -0.136. The molecule has 1 aliphatic rings. The highest BCUT2D eigenvalue weighted by Crippen LogP contribution is 2.27. The first-order chi connectivity index (χ1) is 17.9. The summed E-state index contributed by atoms with van der Waals surface area (Å²) >= 11 is 1.74. The number of benzene rings is 1. The van der Waals surface area contributed by atoms with Crippen molar-refractivity contribution < 1.29 is 19.4 Å². The number of pyridine rings is 1. The Kier molecular flexibility index (Phi) is 9.08. The maximum atomic E-state index is 12.5. The Morgan fingerprint density at radius 2 is 1.92 bits per heavy atom. The van der Waals surface area contributed by atoms with E-state index in [0.717, 1.165) is 48.1 Å². The second-order valence-corrected chi connectivity index (χ2v) is 10.3. The van der Waals surface area contributed by atoms with Gasteiger partial charge in [0.2, 0.25) is 0 Å². The molecule has 1 saturated heterocycles. The second kappa shape index (κ2) is 12.6. The number of likely N-dealkylation sites (N-methyl/N-ethyl adjacent to an activating group) is 1. The maximum absolute atomic E-state index is 12.5. The number of carbonyl (C=O) groups is 2. The smallest absolute Gasteiger partial charge is 0.303 e. The molecule has 4 rings (SSSR count). The van der Waals surface area contributed by atoms with E-state index in [-0.39, 0.29) is 18.9 Å². The molecule has 0 spiro atoms. The first-order valence-corrected chi connectivity index (χ1v) is 13.3. The Balaban J connectivity index is 1.37. The van der Waals surface area contributed by atoms with Crippen LogP contribution in [-0.4, -0.2) is 71.7 Å². The lowest BCUT2D eigenvalue weighted by Crippen LogP contribution is -2.44. The predicted molar refractivity (Wildman–Crippen MR) is 144 cm³/mol. The number of anilines is 1. The van der Waals surface area contributed by atoms with Crippen molar-refractivity contribution in [3.63, 3.8) is 0 Å². The molecule has 1 aromatic carbocycles. The molecule has 3 heterocycles. The Morgan fingerprint density at radius 3 is 2.65 bits per heavy atom. The number of hydrogen-bond donors (Lipinski definition) is 2. The molecule has 0 saturated carbocycles. The number of nitrogens with zero attached hydrogens (tertiary/aromatic N) is 4. The lowest BCUT2D eigenvalue weighted by Gasteiger charge is -2.32. The minimum Gasteiger partial charge on any atom is -0.493 e. The number of hydrogen-bond acceptors (Lipinski definition) is 8. The molecular weight excluding hydrogens is 490 g/mol. The van der Waals surface area contributed by atoms with Crippen LogP contribution in [0.1, 0.15) is 38.6 Å². The molecule has 9 nitrogen and oxygen atoms in total. The van der Waals surface area contributed by atoms with Gasteiger partial charge in [0.1, 0.15) is 11.4 Å². The summed E-state index contributed by atoms with van der Waals surface area (Å²) in [5, 5.41) is 13.1. The number of aliphatic carboxylic acids is 1. The summed E-state index contributed by atoms with van der Waals surface area (Å²) in [5.74, 6) is -0.474. The number of aryl methyl sites for hydroxylation is 2. The largest absolute Gasteiger partial charge is 0.493 e. The third-order valence-corrected chi connectivity index (χ3v) is 7.46. The van der Waals surface area contributed by atoms with Crippen LogP contribution >= 0.6 is 11.3 Å². The molecule has 37 heavy (non-hydrogen) atoms. The number of rotatable bonds is 11. The zero-order valence-electron chi connectivity index (χ0n) is 21.3. The quantitative estimate of drug-likeness (QED) is 0.395. The summed E-state index contributed by atoms with van der Waals surface area (Å²) in [6, 6.07) is 10.8. The van der Waals surface area contributed by atoms with E-state index < -0.39 is 5.97 Å². The fourth-order valence-corrected chi connectivity index (χ4v) is 5.16. The summed E-state index contributed by atoms with van der Waals surface area (Å²) in [5.41, 5.74) is 3.07. The van der Waals surface area contributed by atoms with Crippen LogP contribution < -0.4 is 15.0 Å². The molecular formula is C27H33N5O4S. The number of piperazine rings is 1.